The molecule has 2 aromatic rings. The molecule has 0 bridgehead atoms. The monoisotopic (exact) mass is 565 g/mol. The summed E-state index contributed by atoms with van der Waals surface area (Å²) in [5, 5.41) is 22.4. The normalized spacial score (nSPS) is 13.5. The van der Waals surface area contributed by atoms with Crippen LogP contribution in [0.15, 0.2) is 35.2 Å². The Bertz CT molecular complexity index is 1040. The summed E-state index contributed by atoms with van der Waals surface area (Å²) in [6.07, 6.45) is 10.7. The van der Waals surface area contributed by atoms with Gasteiger partial charge in [0.15, 0.2) is 0 Å². The predicted molar refractivity (Wildman–Crippen MR) is 164 cm³/mol. The van der Waals surface area contributed by atoms with E-state index in [1.165, 1.54) is 37.7 Å². The first kappa shape index (κ1) is 35.5. The average molecular weight is 566 g/mol. The van der Waals surface area contributed by atoms with Crippen molar-refractivity contribution < 1.29 is 23.2 Å². The van der Waals surface area contributed by atoms with Crippen LogP contribution in [0.2, 0.25) is 0 Å². The Hall–Kier alpha value is -1.51. The zero-order valence-electron chi connectivity index (χ0n) is 25.2. The molecule has 0 spiro atoms. The first-order valence-electron chi connectivity index (χ1n) is 14.9. The minimum atomic E-state index is -4.21. The smallest absolute Gasteiger partial charge is 0.294 e. The molecule has 2 unspecified atom stereocenters. The number of aliphatic hydroxyl groups excluding tert-OH is 2. The van der Waals surface area contributed by atoms with Crippen molar-refractivity contribution in [1.29, 1.82) is 0 Å². The van der Waals surface area contributed by atoms with Crippen LogP contribution in [0.25, 0.3) is 10.8 Å². The summed E-state index contributed by atoms with van der Waals surface area (Å²) in [4.78, 5) is 0.0151. The fourth-order valence-electron chi connectivity index (χ4n) is 4.58. The Morgan fingerprint density at radius 1 is 0.718 bits per heavy atom. The molecule has 0 aromatic heterocycles. The summed E-state index contributed by atoms with van der Waals surface area (Å²) in [5.41, 5.74) is 2.26. The van der Waals surface area contributed by atoms with E-state index >= 15 is 0 Å². The molecular weight excluding hydrogens is 510 g/mol. The lowest BCUT2D eigenvalue weighted by molar-refractivity contribution is 0.164. The van der Waals surface area contributed by atoms with E-state index < -0.39 is 10.1 Å². The molecule has 2 aromatic carbocycles. The van der Waals surface area contributed by atoms with E-state index in [0.717, 1.165) is 60.3 Å². The molecule has 0 aliphatic heterocycles. The number of hydrogen-bond donors (Lipinski definition) is 4. The summed E-state index contributed by atoms with van der Waals surface area (Å²) in [6.45, 7) is 13.5. The Balaban J connectivity index is 0.000000724. The molecule has 39 heavy (non-hydrogen) atoms. The van der Waals surface area contributed by atoms with E-state index in [9.17, 15) is 13.0 Å². The number of rotatable bonds is 17. The number of aryl methyl sites for hydroxylation is 2. The van der Waals surface area contributed by atoms with Crippen molar-refractivity contribution in [3.8, 4) is 0 Å². The maximum absolute atomic E-state index is 11.8. The standard InChI is InChI=1S/C26H40O3S.C6H15NO2/c1-20(2)11-7-5-9-13-22-15-16-26-23(14-10-6-8-12-21(3)4)18-25(30(27,28)29)19-24(26)17-22;1-5(8)3-7-4-6(2)9/h15-21H,5-14H2,1-4H3,(H,27,28,29);5-9H,3-4H2,1-2H3. The van der Waals surface area contributed by atoms with Gasteiger partial charge in [0.05, 0.1) is 17.1 Å². The summed E-state index contributed by atoms with van der Waals surface area (Å²) >= 11 is 0. The van der Waals surface area contributed by atoms with Gasteiger partial charge in [-0.1, -0.05) is 84.4 Å². The molecule has 2 atom stereocenters. The Morgan fingerprint density at radius 3 is 1.74 bits per heavy atom. The number of aliphatic hydroxyl groups is 2. The van der Waals surface area contributed by atoms with Gasteiger partial charge >= 0.3 is 0 Å². The van der Waals surface area contributed by atoms with Gasteiger partial charge in [-0.05, 0) is 85.4 Å². The number of unbranched alkanes of at least 4 members (excludes halogenated alkanes) is 4. The fourth-order valence-corrected chi connectivity index (χ4v) is 5.15. The van der Waals surface area contributed by atoms with Crippen molar-refractivity contribution in [2.45, 2.75) is 123 Å². The predicted octanol–water partition coefficient (Wildman–Crippen LogP) is 6.94. The van der Waals surface area contributed by atoms with Crippen molar-refractivity contribution in [2.75, 3.05) is 13.1 Å². The van der Waals surface area contributed by atoms with Crippen LogP contribution in [0.4, 0.5) is 0 Å². The molecule has 7 heteroatoms. The van der Waals surface area contributed by atoms with Crippen LogP contribution in [0.3, 0.4) is 0 Å². The molecule has 6 nitrogen and oxygen atoms in total. The second-order valence-electron chi connectivity index (χ2n) is 12.0. The van der Waals surface area contributed by atoms with Crippen LogP contribution in [-0.2, 0) is 23.0 Å². The minimum absolute atomic E-state index is 0.0151. The second kappa shape index (κ2) is 18.8. The lowest BCUT2D eigenvalue weighted by Gasteiger charge is -2.12. The van der Waals surface area contributed by atoms with Gasteiger partial charge in [-0.15, -0.1) is 0 Å². The van der Waals surface area contributed by atoms with Gasteiger partial charge in [0, 0.05) is 13.1 Å². The van der Waals surface area contributed by atoms with Crippen LogP contribution in [0.1, 0.15) is 104 Å². The van der Waals surface area contributed by atoms with Crippen LogP contribution in [0.5, 0.6) is 0 Å². The van der Waals surface area contributed by atoms with E-state index in [2.05, 4.69) is 51.2 Å². The highest BCUT2D eigenvalue weighted by Crippen LogP contribution is 2.27. The maximum atomic E-state index is 11.8. The number of benzene rings is 2. The first-order chi connectivity index (χ1) is 18.3. The van der Waals surface area contributed by atoms with Crippen molar-refractivity contribution in [3.05, 3.63) is 41.5 Å². The number of fused-ring (bicyclic) bond motifs is 1. The molecule has 0 aliphatic rings. The maximum Gasteiger partial charge on any atom is 0.294 e. The van der Waals surface area contributed by atoms with Crippen molar-refractivity contribution in [3.63, 3.8) is 0 Å². The molecule has 224 valence electrons. The Morgan fingerprint density at radius 2 is 1.26 bits per heavy atom. The summed E-state index contributed by atoms with van der Waals surface area (Å²) in [5.74, 6) is 1.48. The largest absolute Gasteiger partial charge is 0.392 e. The highest BCUT2D eigenvalue weighted by atomic mass is 32.2. The van der Waals surface area contributed by atoms with Gasteiger partial charge in [-0.3, -0.25) is 4.55 Å². The Kier molecular flexibility index (Phi) is 17.1. The molecule has 0 heterocycles. The third kappa shape index (κ3) is 16.4. The zero-order chi connectivity index (χ0) is 29.4. The van der Waals surface area contributed by atoms with E-state index in [4.69, 9.17) is 10.2 Å². The molecule has 0 amide bonds. The molecule has 0 saturated heterocycles. The summed E-state index contributed by atoms with van der Waals surface area (Å²) in [6, 6.07) is 9.70. The highest BCUT2D eigenvalue weighted by molar-refractivity contribution is 7.85. The van der Waals surface area contributed by atoms with Crippen LogP contribution in [-0.4, -0.2) is 48.5 Å². The fraction of sp³-hybridized carbons (Fsp3) is 0.688. The van der Waals surface area contributed by atoms with Gasteiger partial charge in [0.25, 0.3) is 10.1 Å². The molecule has 0 aliphatic carbocycles. The van der Waals surface area contributed by atoms with Gasteiger partial charge in [0.2, 0.25) is 0 Å². The van der Waals surface area contributed by atoms with Crippen LogP contribution < -0.4 is 5.32 Å². The first-order valence-corrected chi connectivity index (χ1v) is 16.3. The van der Waals surface area contributed by atoms with E-state index in [1.807, 2.05) is 0 Å². The SMILES string of the molecule is CC(C)CCCCCc1ccc2c(CCCCCC(C)C)cc(S(=O)(=O)O)cc2c1.CC(O)CNCC(C)O. The third-order valence-corrected chi connectivity index (χ3v) is 7.56. The van der Waals surface area contributed by atoms with Crippen LogP contribution >= 0.6 is 0 Å². The Labute approximate surface area is 238 Å². The van der Waals surface area contributed by atoms with Crippen molar-refractivity contribution in [2.24, 2.45) is 11.8 Å². The van der Waals surface area contributed by atoms with Crippen molar-refractivity contribution in [1.82, 2.24) is 5.32 Å². The molecule has 4 N–H and O–H groups in total. The molecule has 0 saturated carbocycles. The van der Waals surface area contributed by atoms with Gasteiger partial charge in [0.1, 0.15) is 0 Å². The number of nitrogens with one attached hydrogen (secondary N) is 1. The number of hydrogen-bond acceptors (Lipinski definition) is 5. The average Bonchev–Trinajstić information content (AvgIpc) is 2.82. The zero-order valence-corrected chi connectivity index (χ0v) is 26.1. The topological polar surface area (TPSA) is 107 Å². The van der Waals surface area contributed by atoms with E-state index in [1.54, 1.807) is 26.0 Å². The molecule has 0 fully saturated rings. The van der Waals surface area contributed by atoms with Crippen molar-refractivity contribution >= 4 is 20.9 Å². The van der Waals surface area contributed by atoms with E-state index in [0.29, 0.717) is 13.1 Å². The summed E-state index contributed by atoms with van der Waals surface area (Å²) < 4.78 is 33.3. The van der Waals surface area contributed by atoms with Gasteiger partial charge in [-0.25, -0.2) is 0 Å². The van der Waals surface area contributed by atoms with Gasteiger partial charge in [-0.2, -0.15) is 8.42 Å². The molecular formula is C32H55NO5S. The second-order valence-corrected chi connectivity index (χ2v) is 13.4. The molecule has 0 radical (unpaired) electrons. The highest BCUT2D eigenvalue weighted by Gasteiger charge is 2.14. The quantitative estimate of drug-likeness (QED) is 0.122. The third-order valence-electron chi connectivity index (χ3n) is 6.73. The van der Waals surface area contributed by atoms with E-state index in [-0.39, 0.29) is 17.1 Å². The summed E-state index contributed by atoms with van der Waals surface area (Å²) in [7, 11) is -4.21. The lowest BCUT2D eigenvalue weighted by atomic mass is 9.95. The lowest BCUT2D eigenvalue weighted by Crippen LogP contribution is -2.30. The van der Waals surface area contributed by atoms with Crippen LogP contribution in [0, 0.1) is 11.8 Å². The van der Waals surface area contributed by atoms with Gasteiger partial charge < -0.3 is 15.5 Å². The molecule has 2 rings (SSSR count). The minimum Gasteiger partial charge on any atom is -0.392 e.